The molecule has 0 amide bonds. The molecule has 2 aromatic carbocycles. The summed E-state index contributed by atoms with van der Waals surface area (Å²) in [5, 5.41) is 4.72. The van der Waals surface area contributed by atoms with E-state index in [9.17, 15) is 0 Å². The molecule has 0 aliphatic carbocycles. The number of nitrogens with one attached hydrogen (secondary N) is 1. The van der Waals surface area contributed by atoms with E-state index in [2.05, 4.69) is 48.6 Å². The Morgan fingerprint density at radius 3 is 2.27 bits per heavy atom. The summed E-state index contributed by atoms with van der Waals surface area (Å²) in [4.78, 5) is 6.38. The molecule has 134 valence electrons. The van der Waals surface area contributed by atoms with Crippen LogP contribution in [0.25, 0.3) is 21.7 Å². The van der Waals surface area contributed by atoms with E-state index in [1.807, 2.05) is 23.5 Å². The highest BCUT2D eigenvalue weighted by atomic mass is 32.1. The first-order valence-electron chi connectivity index (χ1n) is 9.17. The van der Waals surface area contributed by atoms with Gasteiger partial charge < -0.3 is 10.1 Å². The molecular weight excluding hydrogens is 340 g/mol. The number of benzene rings is 2. The van der Waals surface area contributed by atoms with Gasteiger partial charge in [0.1, 0.15) is 5.75 Å². The average Bonchev–Trinajstić information content (AvgIpc) is 3.15. The molecule has 3 nitrogen and oxygen atoms in total. The Kier molecular flexibility index (Phi) is 5.05. The number of hydrogen-bond acceptors (Lipinski definition) is 4. The monoisotopic (exact) mass is 364 g/mol. The summed E-state index contributed by atoms with van der Waals surface area (Å²) in [5.41, 5.74) is 4.77. The van der Waals surface area contributed by atoms with Crippen LogP contribution in [0.2, 0.25) is 0 Å². The molecule has 2 heterocycles. The Labute approximate surface area is 159 Å². The molecule has 3 aromatic rings. The first kappa shape index (κ1) is 17.3. The number of aromatic nitrogens is 1. The molecule has 1 aliphatic rings. The second-order valence-corrected chi connectivity index (χ2v) is 7.88. The lowest BCUT2D eigenvalue weighted by Crippen LogP contribution is -2.26. The molecule has 4 heteroatoms. The first-order chi connectivity index (χ1) is 12.7. The zero-order valence-corrected chi connectivity index (χ0v) is 16.1. The summed E-state index contributed by atoms with van der Waals surface area (Å²) >= 11 is 1.86. The summed E-state index contributed by atoms with van der Waals surface area (Å²) in [7, 11) is 1.70. The van der Waals surface area contributed by atoms with Gasteiger partial charge in [-0.3, -0.25) is 0 Å². The largest absolute Gasteiger partial charge is 0.497 e. The van der Waals surface area contributed by atoms with Gasteiger partial charge in [-0.1, -0.05) is 29.8 Å². The predicted octanol–water partition coefficient (Wildman–Crippen LogP) is 5.26. The SMILES string of the molecule is COc1ccc(-c2nc(C3CCNCC3)sc2-c2ccc(C)cc2)cc1. The fraction of sp³-hybridized carbons (Fsp3) is 0.318. The Morgan fingerprint density at radius 2 is 1.62 bits per heavy atom. The standard InChI is InChI=1S/C22H24N2OS/c1-15-3-5-17(6-4-15)21-20(16-7-9-19(25-2)10-8-16)24-22(26-21)18-11-13-23-14-12-18/h3-10,18,23H,11-14H2,1-2H3. The van der Waals surface area contributed by atoms with Crippen LogP contribution in [0.4, 0.5) is 0 Å². The minimum Gasteiger partial charge on any atom is -0.497 e. The lowest BCUT2D eigenvalue weighted by atomic mass is 9.99. The zero-order valence-electron chi connectivity index (χ0n) is 15.3. The third-order valence-corrected chi connectivity index (χ3v) is 6.28. The third-order valence-electron chi connectivity index (χ3n) is 5.01. The molecule has 0 radical (unpaired) electrons. The van der Waals surface area contributed by atoms with Crippen molar-refractivity contribution in [1.82, 2.24) is 10.3 Å². The number of nitrogens with zero attached hydrogens (tertiary/aromatic N) is 1. The van der Waals surface area contributed by atoms with Gasteiger partial charge in [-0.15, -0.1) is 11.3 Å². The van der Waals surface area contributed by atoms with Gasteiger partial charge in [0.2, 0.25) is 0 Å². The van der Waals surface area contributed by atoms with E-state index in [4.69, 9.17) is 9.72 Å². The molecule has 1 aromatic heterocycles. The van der Waals surface area contributed by atoms with E-state index >= 15 is 0 Å². The van der Waals surface area contributed by atoms with E-state index < -0.39 is 0 Å². The molecule has 0 unspecified atom stereocenters. The fourth-order valence-electron chi connectivity index (χ4n) is 3.43. The highest BCUT2D eigenvalue weighted by Gasteiger charge is 2.22. The summed E-state index contributed by atoms with van der Waals surface area (Å²) in [6.07, 6.45) is 2.34. The molecule has 0 atom stereocenters. The molecule has 1 aliphatic heterocycles. The summed E-state index contributed by atoms with van der Waals surface area (Å²) in [6, 6.07) is 17.0. The maximum absolute atomic E-state index is 5.31. The van der Waals surface area contributed by atoms with E-state index in [0.717, 1.165) is 30.1 Å². The average molecular weight is 365 g/mol. The van der Waals surface area contributed by atoms with Crippen LogP contribution < -0.4 is 10.1 Å². The Hall–Kier alpha value is -2.17. The number of aryl methyl sites for hydroxylation is 1. The first-order valence-corrected chi connectivity index (χ1v) is 9.99. The molecule has 26 heavy (non-hydrogen) atoms. The minimum absolute atomic E-state index is 0.567. The molecule has 4 rings (SSSR count). The van der Waals surface area contributed by atoms with Gasteiger partial charge in [0, 0.05) is 11.5 Å². The summed E-state index contributed by atoms with van der Waals surface area (Å²) in [6.45, 7) is 4.30. The smallest absolute Gasteiger partial charge is 0.118 e. The third kappa shape index (κ3) is 3.53. The summed E-state index contributed by atoms with van der Waals surface area (Å²) < 4.78 is 5.31. The van der Waals surface area contributed by atoms with Gasteiger partial charge in [-0.05, 0) is 62.7 Å². The normalized spacial score (nSPS) is 15.2. The van der Waals surface area contributed by atoms with Gasteiger partial charge in [-0.2, -0.15) is 0 Å². The van der Waals surface area contributed by atoms with Crippen molar-refractivity contribution in [3.8, 4) is 27.4 Å². The second-order valence-electron chi connectivity index (χ2n) is 6.85. The lowest BCUT2D eigenvalue weighted by Gasteiger charge is -2.20. The topological polar surface area (TPSA) is 34.1 Å². The number of piperidine rings is 1. The van der Waals surface area contributed by atoms with Crippen LogP contribution in [0.3, 0.4) is 0 Å². The van der Waals surface area contributed by atoms with E-state index in [-0.39, 0.29) is 0 Å². The van der Waals surface area contributed by atoms with Gasteiger partial charge in [0.15, 0.2) is 0 Å². The van der Waals surface area contributed by atoms with Crippen molar-refractivity contribution in [2.24, 2.45) is 0 Å². The molecule has 1 N–H and O–H groups in total. The molecule has 0 spiro atoms. The van der Waals surface area contributed by atoms with Crippen molar-refractivity contribution < 1.29 is 4.74 Å². The molecule has 1 fully saturated rings. The van der Waals surface area contributed by atoms with Crippen molar-refractivity contribution in [3.05, 3.63) is 59.1 Å². The Morgan fingerprint density at radius 1 is 0.962 bits per heavy atom. The number of hydrogen-bond donors (Lipinski definition) is 1. The predicted molar refractivity (Wildman–Crippen MR) is 109 cm³/mol. The van der Waals surface area contributed by atoms with Gasteiger partial charge >= 0.3 is 0 Å². The van der Waals surface area contributed by atoms with E-state index in [0.29, 0.717) is 5.92 Å². The number of ether oxygens (including phenoxy) is 1. The number of rotatable bonds is 4. The van der Waals surface area contributed by atoms with E-state index in [1.54, 1.807) is 7.11 Å². The fourth-order valence-corrected chi connectivity index (χ4v) is 4.69. The quantitative estimate of drug-likeness (QED) is 0.685. The van der Waals surface area contributed by atoms with Crippen molar-refractivity contribution in [2.45, 2.75) is 25.7 Å². The highest BCUT2D eigenvalue weighted by Crippen LogP contribution is 2.41. The Balaban J connectivity index is 1.78. The molecule has 0 bridgehead atoms. The van der Waals surface area contributed by atoms with Crippen LogP contribution in [0.5, 0.6) is 5.75 Å². The van der Waals surface area contributed by atoms with E-state index in [1.165, 1.54) is 33.9 Å². The second kappa shape index (κ2) is 7.60. The van der Waals surface area contributed by atoms with Crippen molar-refractivity contribution in [2.75, 3.05) is 20.2 Å². The van der Waals surface area contributed by atoms with Crippen LogP contribution >= 0.6 is 11.3 Å². The zero-order chi connectivity index (χ0) is 17.9. The van der Waals surface area contributed by atoms with Gasteiger partial charge in [-0.25, -0.2) is 4.98 Å². The van der Waals surface area contributed by atoms with Crippen LogP contribution in [-0.2, 0) is 0 Å². The van der Waals surface area contributed by atoms with Gasteiger partial charge in [0.05, 0.1) is 22.7 Å². The van der Waals surface area contributed by atoms with Crippen LogP contribution in [0.1, 0.15) is 29.3 Å². The Bertz CT molecular complexity index is 862. The molecule has 0 saturated carbocycles. The lowest BCUT2D eigenvalue weighted by molar-refractivity contribution is 0.415. The molecular formula is C22H24N2OS. The van der Waals surface area contributed by atoms with Crippen molar-refractivity contribution in [3.63, 3.8) is 0 Å². The highest BCUT2D eigenvalue weighted by molar-refractivity contribution is 7.15. The van der Waals surface area contributed by atoms with Crippen molar-refractivity contribution in [1.29, 1.82) is 0 Å². The summed E-state index contributed by atoms with van der Waals surface area (Å²) in [5.74, 6) is 1.44. The molecule has 1 saturated heterocycles. The maximum Gasteiger partial charge on any atom is 0.118 e. The van der Waals surface area contributed by atoms with Crippen LogP contribution in [-0.4, -0.2) is 25.2 Å². The van der Waals surface area contributed by atoms with Crippen LogP contribution in [0, 0.1) is 6.92 Å². The number of thiazole rings is 1. The van der Waals surface area contributed by atoms with Crippen LogP contribution in [0.15, 0.2) is 48.5 Å². The van der Waals surface area contributed by atoms with Crippen molar-refractivity contribution >= 4 is 11.3 Å². The number of methoxy groups -OCH3 is 1. The van der Waals surface area contributed by atoms with Gasteiger partial charge in [0.25, 0.3) is 0 Å². The minimum atomic E-state index is 0.567. The maximum atomic E-state index is 5.31.